The lowest BCUT2D eigenvalue weighted by Gasteiger charge is -2.02. The minimum Gasteiger partial charge on any atom is -0.477 e. The Balaban J connectivity index is 2.13. The molecule has 3 aromatic rings. The number of hydrogen-bond donors (Lipinski definition) is 2. The van der Waals surface area contributed by atoms with E-state index in [-0.39, 0.29) is 5.69 Å². The Kier molecular flexibility index (Phi) is 2.76. The lowest BCUT2D eigenvalue weighted by Crippen LogP contribution is -1.94. The van der Waals surface area contributed by atoms with Gasteiger partial charge in [-0.3, -0.25) is 0 Å². The third-order valence-corrected chi connectivity index (χ3v) is 3.24. The predicted molar refractivity (Wildman–Crippen MR) is 75.7 cm³/mol. The van der Waals surface area contributed by atoms with Crippen LogP contribution in [-0.2, 0) is 0 Å². The number of rotatable bonds is 2. The van der Waals surface area contributed by atoms with Crippen molar-refractivity contribution in [2.75, 3.05) is 0 Å². The fourth-order valence-electron chi connectivity index (χ4n) is 2.10. The van der Waals surface area contributed by atoms with E-state index < -0.39 is 5.97 Å². The number of aromatic amines is 1. The number of nitrogens with one attached hydrogen (secondary N) is 1. The highest BCUT2D eigenvalue weighted by Crippen LogP contribution is 2.26. The molecular weight excluding hydrogens is 262 g/mol. The summed E-state index contributed by atoms with van der Waals surface area (Å²) in [5.74, 6) is -0.958. The number of carbonyl (C=O) groups is 1. The summed E-state index contributed by atoms with van der Waals surface area (Å²) in [6, 6.07) is 15.0. The van der Waals surface area contributed by atoms with E-state index in [1.165, 1.54) is 0 Å². The number of aromatic carboxylic acids is 1. The molecule has 0 bridgehead atoms. The van der Waals surface area contributed by atoms with Crippen LogP contribution < -0.4 is 0 Å². The molecule has 0 saturated carbocycles. The zero-order valence-electron chi connectivity index (χ0n) is 9.85. The van der Waals surface area contributed by atoms with Gasteiger partial charge in [-0.25, -0.2) is 4.79 Å². The van der Waals surface area contributed by atoms with Gasteiger partial charge in [-0.05, 0) is 41.5 Å². The molecule has 0 atom stereocenters. The Labute approximate surface area is 114 Å². The standard InChI is InChI=1S/C15H10ClNO2/c16-12-3-1-2-9(7-12)10-4-5-13-11(6-10)8-14(17-13)15(18)19/h1-8,17H,(H,18,19). The smallest absolute Gasteiger partial charge is 0.352 e. The SMILES string of the molecule is O=C(O)c1cc2cc(-c3cccc(Cl)c3)ccc2[nH]1. The molecule has 0 unspecified atom stereocenters. The largest absolute Gasteiger partial charge is 0.477 e. The van der Waals surface area contributed by atoms with Gasteiger partial charge in [0.05, 0.1) is 0 Å². The second-order valence-corrected chi connectivity index (χ2v) is 4.74. The van der Waals surface area contributed by atoms with Gasteiger partial charge in [0.1, 0.15) is 5.69 Å². The van der Waals surface area contributed by atoms with Crippen molar-refractivity contribution in [3.8, 4) is 11.1 Å². The number of halogens is 1. The summed E-state index contributed by atoms with van der Waals surface area (Å²) >= 11 is 5.97. The van der Waals surface area contributed by atoms with Gasteiger partial charge in [0.15, 0.2) is 0 Å². The van der Waals surface area contributed by atoms with Gasteiger partial charge in [-0.2, -0.15) is 0 Å². The van der Waals surface area contributed by atoms with Crippen LogP contribution in [0.3, 0.4) is 0 Å². The summed E-state index contributed by atoms with van der Waals surface area (Å²) in [6.07, 6.45) is 0. The zero-order valence-corrected chi connectivity index (χ0v) is 10.6. The Bertz CT molecular complexity index is 777. The van der Waals surface area contributed by atoms with Crippen LogP contribution in [0.25, 0.3) is 22.0 Å². The highest BCUT2D eigenvalue weighted by Gasteiger charge is 2.08. The zero-order chi connectivity index (χ0) is 13.4. The molecule has 2 aromatic carbocycles. The van der Waals surface area contributed by atoms with E-state index in [1.807, 2.05) is 42.5 Å². The molecular formula is C15H10ClNO2. The van der Waals surface area contributed by atoms with Crippen LogP contribution in [0.4, 0.5) is 0 Å². The van der Waals surface area contributed by atoms with Crippen molar-refractivity contribution in [2.45, 2.75) is 0 Å². The molecule has 3 rings (SSSR count). The number of hydrogen-bond acceptors (Lipinski definition) is 1. The topological polar surface area (TPSA) is 53.1 Å². The van der Waals surface area contributed by atoms with Crippen molar-refractivity contribution in [1.82, 2.24) is 4.98 Å². The third-order valence-electron chi connectivity index (χ3n) is 3.01. The summed E-state index contributed by atoms with van der Waals surface area (Å²) in [5.41, 5.74) is 3.01. The molecule has 0 aliphatic carbocycles. The predicted octanol–water partition coefficient (Wildman–Crippen LogP) is 4.19. The van der Waals surface area contributed by atoms with Crippen LogP contribution >= 0.6 is 11.6 Å². The molecule has 0 radical (unpaired) electrons. The Morgan fingerprint density at radius 2 is 1.84 bits per heavy atom. The van der Waals surface area contributed by atoms with E-state index in [0.717, 1.165) is 22.0 Å². The van der Waals surface area contributed by atoms with Gasteiger partial charge < -0.3 is 10.1 Å². The van der Waals surface area contributed by atoms with Crippen LogP contribution in [0, 0.1) is 0 Å². The molecule has 0 aliphatic heterocycles. The second-order valence-electron chi connectivity index (χ2n) is 4.30. The number of H-pyrrole nitrogens is 1. The first-order chi connectivity index (χ1) is 9.13. The number of carboxylic acid groups (broad SMARTS) is 1. The van der Waals surface area contributed by atoms with Crippen molar-refractivity contribution >= 4 is 28.5 Å². The summed E-state index contributed by atoms with van der Waals surface area (Å²) in [5, 5.41) is 10.5. The fraction of sp³-hybridized carbons (Fsp3) is 0. The van der Waals surface area contributed by atoms with Gasteiger partial charge >= 0.3 is 5.97 Å². The quantitative estimate of drug-likeness (QED) is 0.734. The molecule has 4 heteroatoms. The minimum atomic E-state index is -0.958. The van der Waals surface area contributed by atoms with Crippen molar-refractivity contribution in [2.24, 2.45) is 0 Å². The molecule has 2 N–H and O–H groups in total. The highest BCUT2D eigenvalue weighted by atomic mass is 35.5. The van der Waals surface area contributed by atoms with E-state index >= 15 is 0 Å². The first-order valence-corrected chi connectivity index (χ1v) is 6.13. The summed E-state index contributed by atoms with van der Waals surface area (Å²) in [6.45, 7) is 0. The van der Waals surface area contributed by atoms with E-state index in [0.29, 0.717) is 5.02 Å². The second kappa shape index (κ2) is 4.44. The summed E-state index contributed by atoms with van der Waals surface area (Å²) in [4.78, 5) is 13.8. The van der Waals surface area contributed by atoms with E-state index in [1.54, 1.807) is 6.07 Å². The Hall–Kier alpha value is -2.26. The molecule has 3 nitrogen and oxygen atoms in total. The maximum Gasteiger partial charge on any atom is 0.352 e. The molecule has 0 aliphatic rings. The lowest BCUT2D eigenvalue weighted by molar-refractivity contribution is 0.0691. The Morgan fingerprint density at radius 3 is 2.58 bits per heavy atom. The summed E-state index contributed by atoms with van der Waals surface area (Å²) < 4.78 is 0. The molecule has 0 fully saturated rings. The monoisotopic (exact) mass is 271 g/mol. The van der Waals surface area contributed by atoms with Crippen LogP contribution in [-0.4, -0.2) is 16.1 Å². The lowest BCUT2D eigenvalue weighted by atomic mass is 10.0. The maximum absolute atomic E-state index is 10.9. The van der Waals surface area contributed by atoms with Crippen LogP contribution in [0.1, 0.15) is 10.5 Å². The van der Waals surface area contributed by atoms with Crippen LogP contribution in [0.2, 0.25) is 5.02 Å². The Morgan fingerprint density at radius 1 is 1.05 bits per heavy atom. The molecule has 1 heterocycles. The average Bonchev–Trinajstić information content (AvgIpc) is 2.81. The van der Waals surface area contributed by atoms with Crippen molar-refractivity contribution in [1.29, 1.82) is 0 Å². The molecule has 0 amide bonds. The fourth-order valence-corrected chi connectivity index (χ4v) is 2.29. The van der Waals surface area contributed by atoms with Gasteiger partial charge in [-0.15, -0.1) is 0 Å². The maximum atomic E-state index is 10.9. The van der Waals surface area contributed by atoms with Crippen molar-refractivity contribution in [3.63, 3.8) is 0 Å². The normalized spacial score (nSPS) is 10.8. The van der Waals surface area contributed by atoms with E-state index in [2.05, 4.69) is 4.98 Å². The van der Waals surface area contributed by atoms with Crippen LogP contribution in [0.15, 0.2) is 48.5 Å². The van der Waals surface area contributed by atoms with Gasteiger partial charge in [-0.1, -0.05) is 29.8 Å². The molecule has 19 heavy (non-hydrogen) atoms. The number of aromatic nitrogens is 1. The van der Waals surface area contributed by atoms with Gasteiger partial charge in [0.25, 0.3) is 0 Å². The van der Waals surface area contributed by atoms with Crippen LogP contribution in [0.5, 0.6) is 0 Å². The number of benzene rings is 2. The van der Waals surface area contributed by atoms with Gasteiger partial charge in [0.2, 0.25) is 0 Å². The first-order valence-electron chi connectivity index (χ1n) is 5.75. The first kappa shape index (κ1) is 11.8. The molecule has 0 saturated heterocycles. The van der Waals surface area contributed by atoms with Gasteiger partial charge in [0, 0.05) is 15.9 Å². The number of carboxylic acids is 1. The molecule has 1 aromatic heterocycles. The summed E-state index contributed by atoms with van der Waals surface area (Å²) in [7, 11) is 0. The molecule has 94 valence electrons. The number of fused-ring (bicyclic) bond motifs is 1. The van der Waals surface area contributed by atoms with Crippen molar-refractivity contribution < 1.29 is 9.90 Å². The van der Waals surface area contributed by atoms with Crippen molar-refractivity contribution in [3.05, 3.63) is 59.2 Å². The minimum absolute atomic E-state index is 0.193. The third kappa shape index (κ3) is 2.20. The average molecular weight is 272 g/mol. The highest BCUT2D eigenvalue weighted by molar-refractivity contribution is 6.30. The van der Waals surface area contributed by atoms with E-state index in [9.17, 15) is 4.79 Å². The van der Waals surface area contributed by atoms with E-state index in [4.69, 9.17) is 16.7 Å². The molecule has 0 spiro atoms.